The average molecular weight is 327 g/mol. The zero-order chi connectivity index (χ0) is 17.5. The number of rotatable bonds is 6. The summed E-state index contributed by atoms with van der Waals surface area (Å²) in [5.41, 5.74) is 1.55. The largest absolute Gasteiger partial charge is 0.488 e. The Labute approximate surface area is 140 Å². The molecular formula is C17H18BNO5. The topological polar surface area (TPSA) is 95.9 Å². The maximum atomic E-state index is 12.2. The summed E-state index contributed by atoms with van der Waals surface area (Å²) in [4.78, 5) is 24.2. The van der Waals surface area contributed by atoms with E-state index < -0.39 is 19.1 Å². The lowest BCUT2D eigenvalue weighted by molar-refractivity contribution is -0.142. The third kappa shape index (κ3) is 4.68. The van der Waals surface area contributed by atoms with Crippen LogP contribution in [0.25, 0.3) is 0 Å². The van der Waals surface area contributed by atoms with Crippen LogP contribution in [-0.4, -0.2) is 42.2 Å². The number of carbonyl (C=O) groups is 2. The molecule has 6 nitrogen and oxygen atoms in total. The molecule has 0 radical (unpaired) electrons. The van der Waals surface area contributed by atoms with Crippen molar-refractivity contribution in [1.29, 1.82) is 0 Å². The van der Waals surface area contributed by atoms with Crippen LogP contribution in [0.2, 0.25) is 0 Å². The summed E-state index contributed by atoms with van der Waals surface area (Å²) in [5.74, 6) is -0.918. The first-order chi connectivity index (χ1) is 11.5. The third-order valence-corrected chi connectivity index (χ3v) is 3.54. The molecule has 0 heterocycles. The van der Waals surface area contributed by atoms with Gasteiger partial charge in [0.2, 0.25) is 0 Å². The lowest BCUT2D eigenvalue weighted by Gasteiger charge is -2.17. The lowest BCUT2D eigenvalue weighted by Crippen LogP contribution is -2.43. The van der Waals surface area contributed by atoms with E-state index in [4.69, 9.17) is 14.8 Å². The first-order valence-electron chi connectivity index (χ1n) is 7.40. The number of esters is 1. The predicted molar refractivity (Wildman–Crippen MR) is 89.7 cm³/mol. The first-order valence-corrected chi connectivity index (χ1v) is 7.40. The summed E-state index contributed by atoms with van der Waals surface area (Å²) < 4.78 is 4.75. The second kappa shape index (κ2) is 8.28. The van der Waals surface area contributed by atoms with Crippen LogP contribution in [0.15, 0.2) is 54.6 Å². The van der Waals surface area contributed by atoms with E-state index in [2.05, 4.69) is 5.32 Å². The van der Waals surface area contributed by atoms with Crippen LogP contribution >= 0.6 is 0 Å². The Morgan fingerprint density at radius 1 is 1.08 bits per heavy atom. The Kier molecular flexibility index (Phi) is 6.11. The molecule has 0 fully saturated rings. The maximum absolute atomic E-state index is 12.2. The number of ether oxygens (including phenoxy) is 1. The standard InChI is InChI=1S/C17H18BNO5/c1-24-17(21)15(19-16(20)13-5-3-2-4-6-13)11-12-7-9-14(10-8-12)18(22)23/h2-10,15,22-23H,11H2,1H3,(H,19,20). The number of amides is 1. The van der Waals surface area contributed by atoms with Gasteiger partial charge in [0, 0.05) is 12.0 Å². The van der Waals surface area contributed by atoms with Gasteiger partial charge in [-0.25, -0.2) is 4.79 Å². The van der Waals surface area contributed by atoms with Crippen LogP contribution in [0.3, 0.4) is 0 Å². The van der Waals surface area contributed by atoms with E-state index in [1.165, 1.54) is 7.11 Å². The number of hydrogen-bond acceptors (Lipinski definition) is 5. The minimum Gasteiger partial charge on any atom is -0.467 e. The van der Waals surface area contributed by atoms with Gasteiger partial charge in [0.05, 0.1) is 7.11 Å². The molecule has 1 amide bonds. The van der Waals surface area contributed by atoms with Crippen LogP contribution in [0.4, 0.5) is 0 Å². The summed E-state index contributed by atoms with van der Waals surface area (Å²) in [6, 6.07) is 14.2. The zero-order valence-electron chi connectivity index (χ0n) is 13.2. The molecule has 2 rings (SSSR count). The quantitative estimate of drug-likeness (QED) is 0.508. The highest BCUT2D eigenvalue weighted by atomic mass is 16.5. The fraction of sp³-hybridized carbons (Fsp3) is 0.176. The molecule has 0 saturated heterocycles. The lowest BCUT2D eigenvalue weighted by atomic mass is 9.80. The van der Waals surface area contributed by atoms with Crippen molar-refractivity contribution in [3.8, 4) is 0 Å². The molecule has 0 aliphatic rings. The Morgan fingerprint density at radius 3 is 2.25 bits per heavy atom. The molecule has 0 bridgehead atoms. The smallest absolute Gasteiger partial charge is 0.467 e. The fourth-order valence-electron chi connectivity index (χ4n) is 2.23. The summed E-state index contributed by atoms with van der Waals surface area (Å²) in [7, 11) is -0.289. The van der Waals surface area contributed by atoms with Crippen molar-refractivity contribution < 1.29 is 24.4 Å². The maximum Gasteiger partial charge on any atom is 0.488 e. The molecule has 124 valence electrons. The van der Waals surface area contributed by atoms with E-state index in [1.54, 1.807) is 54.6 Å². The van der Waals surface area contributed by atoms with Gasteiger partial charge in [-0.3, -0.25) is 4.79 Å². The molecule has 0 aromatic heterocycles. The van der Waals surface area contributed by atoms with Crippen LogP contribution in [0.1, 0.15) is 15.9 Å². The van der Waals surface area contributed by atoms with Gasteiger partial charge in [-0.15, -0.1) is 0 Å². The van der Waals surface area contributed by atoms with Gasteiger partial charge in [0.15, 0.2) is 0 Å². The van der Waals surface area contributed by atoms with Gasteiger partial charge in [-0.05, 0) is 23.2 Å². The van der Waals surface area contributed by atoms with E-state index in [0.29, 0.717) is 11.0 Å². The fourth-order valence-corrected chi connectivity index (χ4v) is 2.23. The van der Waals surface area contributed by atoms with E-state index in [-0.39, 0.29) is 12.3 Å². The molecule has 3 N–H and O–H groups in total. The molecule has 24 heavy (non-hydrogen) atoms. The van der Waals surface area contributed by atoms with Crippen molar-refractivity contribution in [2.24, 2.45) is 0 Å². The molecule has 1 unspecified atom stereocenters. The highest BCUT2D eigenvalue weighted by Gasteiger charge is 2.22. The molecule has 1 atom stereocenters. The average Bonchev–Trinajstić information content (AvgIpc) is 2.61. The van der Waals surface area contributed by atoms with E-state index in [9.17, 15) is 9.59 Å². The minimum absolute atomic E-state index is 0.229. The van der Waals surface area contributed by atoms with Crippen molar-refractivity contribution in [3.63, 3.8) is 0 Å². The zero-order valence-corrected chi connectivity index (χ0v) is 13.2. The Bertz CT molecular complexity index is 688. The van der Waals surface area contributed by atoms with Gasteiger partial charge in [0.25, 0.3) is 5.91 Å². The molecule has 0 aliphatic carbocycles. The highest BCUT2D eigenvalue weighted by Crippen LogP contribution is 2.06. The van der Waals surface area contributed by atoms with Crippen LogP contribution in [0, 0.1) is 0 Å². The monoisotopic (exact) mass is 327 g/mol. The molecule has 0 aliphatic heterocycles. The van der Waals surface area contributed by atoms with Crippen molar-refractivity contribution in [2.75, 3.05) is 7.11 Å². The molecule has 0 spiro atoms. The van der Waals surface area contributed by atoms with Crippen LogP contribution in [0.5, 0.6) is 0 Å². The molecule has 7 heteroatoms. The number of benzene rings is 2. The van der Waals surface area contributed by atoms with Gasteiger partial charge in [-0.1, -0.05) is 42.5 Å². The summed E-state index contributed by atoms with van der Waals surface area (Å²) in [6.07, 6.45) is 0.229. The van der Waals surface area contributed by atoms with Crippen molar-refractivity contribution in [3.05, 3.63) is 65.7 Å². The van der Waals surface area contributed by atoms with Gasteiger partial charge in [-0.2, -0.15) is 0 Å². The number of nitrogens with one attached hydrogen (secondary N) is 1. The highest BCUT2D eigenvalue weighted by molar-refractivity contribution is 6.58. The minimum atomic E-state index is -1.55. The van der Waals surface area contributed by atoms with E-state index in [0.717, 1.165) is 5.56 Å². The van der Waals surface area contributed by atoms with Gasteiger partial charge >= 0.3 is 13.1 Å². The van der Waals surface area contributed by atoms with Crippen molar-refractivity contribution in [1.82, 2.24) is 5.32 Å². The van der Waals surface area contributed by atoms with Gasteiger partial charge in [0.1, 0.15) is 6.04 Å². The normalized spacial score (nSPS) is 11.5. The van der Waals surface area contributed by atoms with Crippen molar-refractivity contribution >= 4 is 24.5 Å². The van der Waals surface area contributed by atoms with E-state index >= 15 is 0 Å². The summed E-state index contributed by atoms with van der Waals surface area (Å²) >= 11 is 0. The molecule has 2 aromatic rings. The number of methoxy groups -OCH3 is 1. The molecule has 2 aromatic carbocycles. The molecular weight excluding hydrogens is 309 g/mol. The predicted octanol–water partition coefficient (Wildman–Crippen LogP) is -0.120. The Balaban J connectivity index is 2.11. The van der Waals surface area contributed by atoms with Crippen molar-refractivity contribution in [2.45, 2.75) is 12.5 Å². The van der Waals surface area contributed by atoms with Gasteiger partial charge < -0.3 is 20.1 Å². The number of hydrogen-bond donors (Lipinski definition) is 3. The number of carbonyl (C=O) groups excluding carboxylic acids is 2. The Hall–Kier alpha value is -2.64. The van der Waals surface area contributed by atoms with Crippen LogP contribution < -0.4 is 10.8 Å². The summed E-state index contributed by atoms with van der Waals surface area (Å²) in [5, 5.41) is 20.8. The van der Waals surface area contributed by atoms with Crippen LogP contribution in [-0.2, 0) is 16.0 Å². The second-order valence-electron chi connectivity index (χ2n) is 5.23. The Morgan fingerprint density at radius 2 is 1.71 bits per heavy atom. The van der Waals surface area contributed by atoms with E-state index in [1.807, 2.05) is 0 Å². The molecule has 0 saturated carbocycles. The third-order valence-electron chi connectivity index (χ3n) is 3.54. The SMILES string of the molecule is COC(=O)C(Cc1ccc(B(O)O)cc1)NC(=O)c1ccccc1. The first kappa shape index (κ1) is 17.7. The summed E-state index contributed by atoms with van der Waals surface area (Å²) in [6.45, 7) is 0. The second-order valence-corrected chi connectivity index (χ2v) is 5.23.